The van der Waals surface area contributed by atoms with Crippen LogP contribution in [0.5, 0.6) is 0 Å². The van der Waals surface area contributed by atoms with E-state index in [0.29, 0.717) is 10.8 Å². The first-order valence-electron chi connectivity index (χ1n) is 5.08. The second-order valence-corrected chi connectivity index (χ2v) is 3.85. The minimum atomic E-state index is -1.98. The Balaban J connectivity index is 2.39. The van der Waals surface area contributed by atoms with Gasteiger partial charge in [-0.3, -0.25) is 4.57 Å². The van der Waals surface area contributed by atoms with Crippen LogP contribution in [0.4, 0.5) is 14.6 Å². The second-order valence-electron chi connectivity index (χ2n) is 3.85. The Morgan fingerprint density at radius 1 is 1.61 bits per heavy atom. The van der Waals surface area contributed by atoms with Crippen molar-refractivity contribution in [3.8, 4) is 0 Å². The number of aliphatic hydroxyl groups excluding tert-OH is 2. The number of rotatable bonds is 2. The van der Waals surface area contributed by atoms with Crippen molar-refractivity contribution in [2.75, 3.05) is 12.3 Å². The lowest BCUT2D eigenvalue weighted by Crippen LogP contribution is -2.34. The standard InChI is InChI=1S/C9H11F2N3O4/c10-3-1-14(9(17)13-7(3)12)8-5(11)6(16)4(2-15)18-8/h1,4-6,8,15-16H,2H2,(H2,12,13,17)/t4-,5+,6?,8-/m1/s1/i11-1. The zero-order valence-electron chi connectivity index (χ0n) is 9.03. The summed E-state index contributed by atoms with van der Waals surface area (Å²) in [5, 5.41) is 18.2. The van der Waals surface area contributed by atoms with Crippen molar-refractivity contribution in [3.05, 3.63) is 22.5 Å². The molecule has 0 aliphatic carbocycles. The van der Waals surface area contributed by atoms with Crippen LogP contribution in [0.1, 0.15) is 6.23 Å². The smallest absolute Gasteiger partial charge is 0.351 e. The lowest BCUT2D eigenvalue weighted by atomic mass is 10.1. The molecular weight excluding hydrogens is 251 g/mol. The fourth-order valence-electron chi connectivity index (χ4n) is 1.72. The van der Waals surface area contributed by atoms with E-state index in [4.69, 9.17) is 15.6 Å². The summed E-state index contributed by atoms with van der Waals surface area (Å²) in [6.45, 7) is -0.627. The highest BCUT2D eigenvalue weighted by atomic mass is 19.1. The van der Waals surface area contributed by atoms with E-state index in [1.54, 1.807) is 0 Å². The zero-order valence-corrected chi connectivity index (χ0v) is 9.03. The number of aliphatic hydroxyl groups is 2. The fourth-order valence-corrected chi connectivity index (χ4v) is 1.72. The van der Waals surface area contributed by atoms with Crippen LogP contribution >= 0.6 is 0 Å². The van der Waals surface area contributed by atoms with Crippen molar-refractivity contribution in [1.29, 1.82) is 0 Å². The lowest BCUT2D eigenvalue weighted by Gasteiger charge is -2.15. The highest BCUT2D eigenvalue weighted by molar-refractivity contribution is 5.26. The van der Waals surface area contributed by atoms with Gasteiger partial charge in [0.2, 0.25) is 0 Å². The third-order valence-corrected chi connectivity index (χ3v) is 2.68. The van der Waals surface area contributed by atoms with Gasteiger partial charge in [0, 0.05) is 0 Å². The maximum absolute atomic E-state index is 13.7. The van der Waals surface area contributed by atoms with Crippen LogP contribution in [0, 0.1) is 5.82 Å². The minimum absolute atomic E-state index is 0.551. The highest BCUT2D eigenvalue weighted by Crippen LogP contribution is 2.30. The molecule has 1 unspecified atom stereocenters. The quantitative estimate of drug-likeness (QED) is 0.601. The number of anilines is 1. The van der Waals surface area contributed by atoms with Gasteiger partial charge in [0.1, 0.15) is 12.2 Å². The SMILES string of the molecule is Nc1nc(=O)n([C@@H]2O[C@H](CO)C(O)[C@@H]2[18F])cc1F. The summed E-state index contributed by atoms with van der Waals surface area (Å²) in [6.07, 6.45) is -5.67. The zero-order chi connectivity index (χ0) is 13.4. The van der Waals surface area contributed by atoms with Crippen molar-refractivity contribution >= 4 is 5.82 Å². The van der Waals surface area contributed by atoms with Gasteiger partial charge in [-0.05, 0) is 0 Å². The summed E-state index contributed by atoms with van der Waals surface area (Å²) in [5.41, 5.74) is 4.07. The molecule has 4 N–H and O–H groups in total. The molecule has 0 aromatic carbocycles. The molecule has 9 heteroatoms. The summed E-state index contributed by atoms with van der Waals surface area (Å²) in [6, 6.07) is 0. The predicted octanol–water partition coefficient (Wildman–Crippen LogP) is -1.45. The number of ether oxygens (including phenoxy) is 1. The number of nitrogen functional groups attached to an aromatic ring is 1. The van der Waals surface area contributed by atoms with Gasteiger partial charge in [0.25, 0.3) is 0 Å². The van der Waals surface area contributed by atoms with Gasteiger partial charge in [-0.15, -0.1) is 0 Å². The van der Waals surface area contributed by atoms with Crippen molar-refractivity contribution in [2.24, 2.45) is 0 Å². The van der Waals surface area contributed by atoms with E-state index >= 15 is 0 Å². The molecule has 1 aliphatic heterocycles. The molecule has 2 rings (SSSR count). The van der Waals surface area contributed by atoms with E-state index in [9.17, 15) is 18.7 Å². The fraction of sp³-hybridized carbons (Fsp3) is 0.556. The van der Waals surface area contributed by atoms with Gasteiger partial charge in [-0.2, -0.15) is 4.98 Å². The molecule has 0 saturated carbocycles. The number of alkyl halides is 1. The van der Waals surface area contributed by atoms with Gasteiger partial charge in [0.05, 0.1) is 12.8 Å². The maximum atomic E-state index is 13.7. The molecule has 1 saturated heterocycles. The number of hydrogen-bond acceptors (Lipinski definition) is 6. The third-order valence-electron chi connectivity index (χ3n) is 2.68. The van der Waals surface area contributed by atoms with Crippen LogP contribution in [-0.4, -0.2) is 44.8 Å². The summed E-state index contributed by atoms with van der Waals surface area (Å²) in [5.74, 6) is -1.61. The first kappa shape index (κ1) is 12.9. The second kappa shape index (κ2) is 4.59. The molecule has 1 aromatic rings. The Hall–Kier alpha value is -1.58. The Kier molecular flexibility index (Phi) is 3.28. The molecule has 1 fully saturated rings. The topological polar surface area (TPSA) is 111 Å². The summed E-state index contributed by atoms with van der Waals surface area (Å²) in [7, 11) is 0. The summed E-state index contributed by atoms with van der Waals surface area (Å²) in [4.78, 5) is 14.6. The number of nitrogens with two attached hydrogens (primary N) is 1. The molecular formula is C9H11F2N3O4. The monoisotopic (exact) mass is 262 g/mol. The Labute approximate surface area is 99.4 Å². The molecule has 4 atom stereocenters. The van der Waals surface area contributed by atoms with E-state index in [1.807, 2.05) is 0 Å². The van der Waals surface area contributed by atoms with Gasteiger partial charge in [-0.1, -0.05) is 0 Å². The summed E-state index contributed by atoms with van der Waals surface area (Å²) < 4.78 is 32.4. The molecule has 0 bridgehead atoms. The molecule has 7 nitrogen and oxygen atoms in total. The van der Waals surface area contributed by atoms with Gasteiger partial charge >= 0.3 is 5.69 Å². The van der Waals surface area contributed by atoms with Crippen LogP contribution < -0.4 is 11.4 Å². The summed E-state index contributed by atoms with van der Waals surface area (Å²) >= 11 is 0. The van der Waals surface area contributed by atoms with Crippen LogP contribution in [0.2, 0.25) is 0 Å². The van der Waals surface area contributed by atoms with Crippen LogP contribution in [0.25, 0.3) is 0 Å². The van der Waals surface area contributed by atoms with Crippen molar-refractivity contribution in [2.45, 2.75) is 24.6 Å². The molecule has 0 spiro atoms. The number of aromatic nitrogens is 2. The van der Waals surface area contributed by atoms with Crippen LogP contribution in [0.15, 0.2) is 11.0 Å². The predicted molar refractivity (Wildman–Crippen MR) is 54.8 cm³/mol. The third kappa shape index (κ3) is 1.96. The average Bonchev–Trinajstić information content (AvgIpc) is 2.61. The van der Waals surface area contributed by atoms with Crippen molar-refractivity contribution in [3.63, 3.8) is 0 Å². The van der Waals surface area contributed by atoms with E-state index in [0.717, 1.165) is 0 Å². The number of nitrogens with zero attached hydrogens (tertiary/aromatic N) is 2. The minimum Gasteiger partial charge on any atom is -0.394 e. The number of halogens is 2. The van der Waals surface area contributed by atoms with Gasteiger partial charge < -0.3 is 20.7 Å². The first-order chi connectivity index (χ1) is 8.45. The largest absolute Gasteiger partial charge is 0.394 e. The Bertz CT molecular complexity index is 509. The van der Waals surface area contributed by atoms with Gasteiger partial charge in [0.15, 0.2) is 24.0 Å². The van der Waals surface area contributed by atoms with Crippen LogP contribution in [-0.2, 0) is 4.74 Å². The average molecular weight is 262 g/mol. The van der Waals surface area contributed by atoms with E-state index in [2.05, 4.69) is 4.98 Å². The molecule has 0 radical (unpaired) electrons. The lowest BCUT2D eigenvalue weighted by molar-refractivity contribution is -0.0494. The van der Waals surface area contributed by atoms with Crippen molar-refractivity contribution in [1.82, 2.24) is 9.55 Å². The van der Waals surface area contributed by atoms with Crippen molar-refractivity contribution < 1.29 is 23.7 Å². The van der Waals surface area contributed by atoms with Crippen LogP contribution in [0.3, 0.4) is 0 Å². The number of hydrogen-bond donors (Lipinski definition) is 3. The van der Waals surface area contributed by atoms with E-state index in [1.165, 1.54) is 0 Å². The Morgan fingerprint density at radius 3 is 2.83 bits per heavy atom. The Morgan fingerprint density at radius 2 is 2.28 bits per heavy atom. The highest BCUT2D eigenvalue weighted by Gasteiger charge is 2.45. The molecule has 1 aliphatic rings. The first-order valence-corrected chi connectivity index (χ1v) is 5.08. The van der Waals surface area contributed by atoms with Gasteiger partial charge in [-0.25, -0.2) is 13.6 Å². The molecule has 2 heterocycles. The molecule has 0 amide bonds. The van der Waals surface area contributed by atoms with E-state index in [-0.39, 0.29) is 0 Å². The molecule has 1 aromatic heterocycles. The normalized spacial score (nSPS) is 31.8. The van der Waals surface area contributed by atoms with E-state index < -0.39 is 48.5 Å². The molecule has 100 valence electrons. The maximum Gasteiger partial charge on any atom is 0.351 e. The molecule has 18 heavy (non-hydrogen) atoms.